The van der Waals surface area contributed by atoms with Crippen molar-refractivity contribution in [1.82, 2.24) is 4.90 Å². The van der Waals surface area contributed by atoms with Crippen molar-refractivity contribution in [2.24, 2.45) is 5.92 Å². The molecule has 0 saturated carbocycles. The number of hydrogen-bond donors (Lipinski definition) is 0. The van der Waals surface area contributed by atoms with Crippen molar-refractivity contribution in [1.29, 1.82) is 0 Å². The molecule has 19 heavy (non-hydrogen) atoms. The number of benzene rings is 1. The molecule has 2 rings (SSSR count). The van der Waals surface area contributed by atoms with Crippen LogP contribution in [0.4, 0.5) is 0 Å². The number of hydrogen-bond acceptors (Lipinski definition) is 2. The van der Waals surface area contributed by atoms with Crippen LogP contribution in [0.2, 0.25) is 0 Å². The van der Waals surface area contributed by atoms with E-state index >= 15 is 0 Å². The summed E-state index contributed by atoms with van der Waals surface area (Å²) >= 11 is 0. The second kappa shape index (κ2) is 6.33. The third-order valence-corrected chi connectivity index (χ3v) is 4.28. The number of rotatable bonds is 4. The Morgan fingerprint density at radius 3 is 2.53 bits per heavy atom. The van der Waals surface area contributed by atoms with E-state index in [9.17, 15) is 4.79 Å². The highest BCUT2D eigenvalue weighted by atomic mass is 16.1. The van der Waals surface area contributed by atoms with E-state index in [0.717, 1.165) is 18.5 Å². The molecule has 0 N–H and O–H groups in total. The molecule has 0 spiro atoms. The molecule has 2 unspecified atom stereocenters. The Morgan fingerprint density at radius 2 is 1.89 bits per heavy atom. The van der Waals surface area contributed by atoms with Gasteiger partial charge in [0.1, 0.15) is 0 Å². The summed E-state index contributed by atoms with van der Waals surface area (Å²) in [5.41, 5.74) is 2.14. The Hall–Kier alpha value is -1.15. The van der Waals surface area contributed by atoms with Gasteiger partial charge in [0.15, 0.2) is 5.78 Å². The summed E-state index contributed by atoms with van der Waals surface area (Å²) in [6.07, 6.45) is 3.52. The van der Waals surface area contributed by atoms with Gasteiger partial charge in [-0.3, -0.25) is 9.69 Å². The van der Waals surface area contributed by atoms with Crippen LogP contribution in [0.15, 0.2) is 24.3 Å². The van der Waals surface area contributed by atoms with E-state index in [1.54, 1.807) is 0 Å². The number of aryl methyl sites for hydroxylation is 1. The largest absolute Gasteiger partial charge is 0.293 e. The number of nitrogens with zero attached hydrogens (tertiary/aromatic N) is 1. The number of carbonyl (C=O) groups excluding carboxylic acids is 1. The molecule has 0 amide bonds. The van der Waals surface area contributed by atoms with E-state index < -0.39 is 0 Å². The summed E-state index contributed by atoms with van der Waals surface area (Å²) in [5.74, 6) is 0.968. The Labute approximate surface area is 116 Å². The smallest absolute Gasteiger partial charge is 0.176 e. The molecule has 2 atom stereocenters. The highest BCUT2D eigenvalue weighted by Crippen LogP contribution is 2.21. The molecule has 1 aromatic rings. The molecular weight excluding hydrogens is 234 g/mol. The molecule has 0 bridgehead atoms. The Bertz CT molecular complexity index is 423. The molecule has 2 heteroatoms. The number of Topliss-reactive ketones (excluding diaryl/α,β-unsaturated/α-hetero) is 1. The molecule has 0 aliphatic carbocycles. The zero-order valence-corrected chi connectivity index (χ0v) is 12.4. The number of ketones is 1. The van der Waals surface area contributed by atoms with E-state index in [1.807, 2.05) is 12.1 Å². The fraction of sp³-hybridized carbons (Fsp3) is 0.588. The van der Waals surface area contributed by atoms with Crippen molar-refractivity contribution in [2.75, 3.05) is 13.1 Å². The molecular formula is C17H25NO. The SMILES string of the molecule is CCc1ccc(C(=O)CN2CC(C)CCC2C)cc1. The standard InChI is InChI=1S/C17H25NO/c1-4-15-7-9-16(10-8-15)17(19)12-18-11-13(2)5-6-14(18)3/h7-10,13-14H,4-6,11-12H2,1-3H3. The summed E-state index contributed by atoms with van der Waals surface area (Å²) in [5, 5.41) is 0. The van der Waals surface area contributed by atoms with E-state index in [0.29, 0.717) is 18.5 Å². The second-order valence-electron chi connectivity index (χ2n) is 5.93. The molecule has 0 radical (unpaired) electrons. The van der Waals surface area contributed by atoms with Gasteiger partial charge in [0.25, 0.3) is 0 Å². The summed E-state index contributed by atoms with van der Waals surface area (Å²) in [4.78, 5) is 14.7. The van der Waals surface area contributed by atoms with Crippen LogP contribution >= 0.6 is 0 Å². The minimum Gasteiger partial charge on any atom is -0.293 e. The Kier molecular flexibility index (Phi) is 4.76. The number of carbonyl (C=O) groups is 1. The van der Waals surface area contributed by atoms with Crippen molar-refractivity contribution in [2.45, 2.75) is 46.1 Å². The molecule has 1 fully saturated rings. The Balaban J connectivity index is 1.99. The molecule has 1 saturated heterocycles. The van der Waals surface area contributed by atoms with Crippen molar-refractivity contribution >= 4 is 5.78 Å². The lowest BCUT2D eigenvalue weighted by Gasteiger charge is -2.36. The van der Waals surface area contributed by atoms with Crippen molar-refractivity contribution in [3.05, 3.63) is 35.4 Å². The first kappa shape index (κ1) is 14.3. The lowest BCUT2D eigenvalue weighted by Crippen LogP contribution is -2.43. The molecule has 104 valence electrons. The van der Waals surface area contributed by atoms with Gasteiger partial charge in [0.05, 0.1) is 6.54 Å². The Morgan fingerprint density at radius 1 is 1.21 bits per heavy atom. The maximum atomic E-state index is 12.3. The predicted molar refractivity (Wildman–Crippen MR) is 79.6 cm³/mol. The van der Waals surface area contributed by atoms with Gasteiger partial charge < -0.3 is 0 Å². The summed E-state index contributed by atoms with van der Waals surface area (Å²) in [7, 11) is 0. The fourth-order valence-corrected chi connectivity index (χ4v) is 2.80. The van der Waals surface area contributed by atoms with Crippen LogP contribution in [0.5, 0.6) is 0 Å². The van der Waals surface area contributed by atoms with E-state index in [4.69, 9.17) is 0 Å². The molecule has 1 aliphatic heterocycles. The van der Waals surface area contributed by atoms with Crippen LogP contribution in [0, 0.1) is 5.92 Å². The topological polar surface area (TPSA) is 20.3 Å². The highest BCUT2D eigenvalue weighted by Gasteiger charge is 2.24. The maximum absolute atomic E-state index is 12.3. The lowest BCUT2D eigenvalue weighted by atomic mass is 9.94. The van der Waals surface area contributed by atoms with E-state index in [2.05, 4.69) is 37.8 Å². The van der Waals surface area contributed by atoms with E-state index in [1.165, 1.54) is 18.4 Å². The summed E-state index contributed by atoms with van der Waals surface area (Å²) < 4.78 is 0. The fourth-order valence-electron chi connectivity index (χ4n) is 2.80. The lowest BCUT2D eigenvalue weighted by molar-refractivity contribution is 0.0805. The van der Waals surface area contributed by atoms with Gasteiger partial charge in [0, 0.05) is 18.2 Å². The first-order chi connectivity index (χ1) is 9.10. The predicted octanol–water partition coefficient (Wildman–Crippen LogP) is 3.55. The van der Waals surface area contributed by atoms with Crippen LogP contribution in [0.1, 0.15) is 49.5 Å². The zero-order chi connectivity index (χ0) is 13.8. The normalized spacial score (nSPS) is 24.4. The van der Waals surface area contributed by atoms with Gasteiger partial charge in [-0.05, 0) is 37.7 Å². The average Bonchev–Trinajstić information content (AvgIpc) is 2.43. The van der Waals surface area contributed by atoms with Crippen molar-refractivity contribution in [3.8, 4) is 0 Å². The van der Waals surface area contributed by atoms with Gasteiger partial charge in [-0.2, -0.15) is 0 Å². The summed E-state index contributed by atoms with van der Waals surface area (Å²) in [6.45, 7) is 8.27. The van der Waals surface area contributed by atoms with Crippen LogP contribution in [-0.2, 0) is 6.42 Å². The molecule has 1 aromatic carbocycles. The van der Waals surface area contributed by atoms with Gasteiger partial charge >= 0.3 is 0 Å². The second-order valence-corrected chi connectivity index (χ2v) is 5.93. The maximum Gasteiger partial charge on any atom is 0.176 e. The molecule has 0 aromatic heterocycles. The van der Waals surface area contributed by atoms with Crippen LogP contribution < -0.4 is 0 Å². The van der Waals surface area contributed by atoms with Gasteiger partial charge in [-0.1, -0.05) is 38.1 Å². The number of piperidine rings is 1. The van der Waals surface area contributed by atoms with Crippen molar-refractivity contribution in [3.63, 3.8) is 0 Å². The van der Waals surface area contributed by atoms with E-state index in [-0.39, 0.29) is 5.78 Å². The quantitative estimate of drug-likeness (QED) is 0.771. The minimum atomic E-state index is 0.253. The minimum absolute atomic E-state index is 0.253. The zero-order valence-electron chi connectivity index (χ0n) is 12.4. The van der Waals surface area contributed by atoms with Crippen molar-refractivity contribution < 1.29 is 4.79 Å². The highest BCUT2D eigenvalue weighted by molar-refractivity contribution is 5.97. The number of likely N-dealkylation sites (tertiary alicyclic amines) is 1. The monoisotopic (exact) mass is 259 g/mol. The molecule has 1 aliphatic rings. The molecule has 2 nitrogen and oxygen atoms in total. The molecule has 1 heterocycles. The third-order valence-electron chi connectivity index (χ3n) is 4.28. The van der Waals surface area contributed by atoms with Gasteiger partial charge in [-0.25, -0.2) is 0 Å². The van der Waals surface area contributed by atoms with Crippen LogP contribution in [0.25, 0.3) is 0 Å². The average molecular weight is 259 g/mol. The first-order valence-corrected chi connectivity index (χ1v) is 7.46. The van der Waals surface area contributed by atoms with Gasteiger partial charge in [0.2, 0.25) is 0 Å². The summed E-state index contributed by atoms with van der Waals surface area (Å²) in [6, 6.07) is 8.61. The van der Waals surface area contributed by atoms with Crippen LogP contribution in [-0.4, -0.2) is 29.8 Å². The first-order valence-electron chi connectivity index (χ1n) is 7.46. The third kappa shape index (κ3) is 3.66. The van der Waals surface area contributed by atoms with Crippen LogP contribution in [0.3, 0.4) is 0 Å². The van der Waals surface area contributed by atoms with Gasteiger partial charge in [-0.15, -0.1) is 0 Å².